The molecule has 2 unspecified atom stereocenters. The van der Waals surface area contributed by atoms with Gasteiger partial charge < -0.3 is 15.4 Å². The maximum absolute atomic E-state index is 11.7. The third-order valence-corrected chi connectivity index (χ3v) is 3.80. The Kier molecular flexibility index (Phi) is 4.22. The summed E-state index contributed by atoms with van der Waals surface area (Å²) in [4.78, 5) is 16.0. The first-order valence-corrected chi connectivity index (χ1v) is 7.97. The minimum Gasteiger partial charge on any atom is -0.444 e. The summed E-state index contributed by atoms with van der Waals surface area (Å²) in [5, 5.41) is 8.73. The van der Waals surface area contributed by atoms with Crippen molar-refractivity contribution in [2.24, 2.45) is 0 Å². The first-order chi connectivity index (χ1) is 10.9. The second kappa shape index (κ2) is 6.16. The van der Waals surface area contributed by atoms with Gasteiger partial charge in [0.15, 0.2) is 0 Å². The van der Waals surface area contributed by atoms with Gasteiger partial charge in [-0.25, -0.2) is 4.79 Å². The van der Waals surface area contributed by atoms with E-state index in [0.717, 1.165) is 18.4 Å². The molecule has 122 valence electrons. The van der Waals surface area contributed by atoms with Crippen molar-refractivity contribution in [1.82, 2.24) is 15.6 Å². The highest BCUT2D eigenvalue weighted by Crippen LogP contribution is 2.23. The summed E-state index contributed by atoms with van der Waals surface area (Å²) < 4.78 is 5.27. The SMILES string of the molecule is CC(C)(C)OC(=O)NC1CC1NCc1cncc2ccccc12. The number of amides is 1. The summed E-state index contributed by atoms with van der Waals surface area (Å²) in [5.41, 5.74) is 0.710. The first kappa shape index (κ1) is 15.7. The topological polar surface area (TPSA) is 63.2 Å². The van der Waals surface area contributed by atoms with Crippen LogP contribution in [0.5, 0.6) is 0 Å². The fraction of sp³-hybridized carbons (Fsp3) is 0.444. The third-order valence-electron chi connectivity index (χ3n) is 3.80. The Labute approximate surface area is 136 Å². The maximum Gasteiger partial charge on any atom is 0.407 e. The summed E-state index contributed by atoms with van der Waals surface area (Å²) in [6.07, 6.45) is 4.35. The van der Waals surface area contributed by atoms with Crippen molar-refractivity contribution in [1.29, 1.82) is 0 Å². The van der Waals surface area contributed by atoms with Gasteiger partial charge in [-0.05, 0) is 38.1 Å². The third kappa shape index (κ3) is 4.20. The van der Waals surface area contributed by atoms with Gasteiger partial charge in [0.05, 0.1) is 0 Å². The van der Waals surface area contributed by atoms with Crippen molar-refractivity contribution in [3.05, 3.63) is 42.2 Å². The lowest BCUT2D eigenvalue weighted by atomic mass is 10.1. The molecule has 1 amide bonds. The van der Waals surface area contributed by atoms with Crippen LogP contribution in [0.2, 0.25) is 0 Å². The fourth-order valence-electron chi connectivity index (χ4n) is 2.60. The summed E-state index contributed by atoms with van der Waals surface area (Å²) in [6.45, 7) is 6.33. The van der Waals surface area contributed by atoms with E-state index in [1.807, 2.05) is 45.3 Å². The molecule has 1 aromatic carbocycles. The number of pyridine rings is 1. The highest BCUT2D eigenvalue weighted by atomic mass is 16.6. The summed E-state index contributed by atoms with van der Waals surface area (Å²) in [7, 11) is 0. The summed E-state index contributed by atoms with van der Waals surface area (Å²) >= 11 is 0. The number of hydrogen-bond acceptors (Lipinski definition) is 4. The average molecular weight is 313 g/mol. The molecule has 2 aromatic rings. The van der Waals surface area contributed by atoms with Crippen LogP contribution >= 0.6 is 0 Å². The number of nitrogens with zero attached hydrogens (tertiary/aromatic N) is 1. The Morgan fingerprint density at radius 3 is 2.83 bits per heavy atom. The minimum atomic E-state index is -0.462. The van der Waals surface area contributed by atoms with Gasteiger partial charge in [0.25, 0.3) is 0 Å². The zero-order chi connectivity index (χ0) is 16.4. The van der Waals surface area contributed by atoms with Crippen LogP contribution in [0.3, 0.4) is 0 Å². The van der Waals surface area contributed by atoms with Crippen LogP contribution < -0.4 is 10.6 Å². The Hall–Kier alpha value is -2.14. The Balaban J connectivity index is 1.51. The molecule has 1 aliphatic rings. The van der Waals surface area contributed by atoms with Crippen LogP contribution in [0.25, 0.3) is 10.8 Å². The zero-order valence-electron chi connectivity index (χ0n) is 13.8. The second-order valence-corrected chi connectivity index (χ2v) is 7.00. The van der Waals surface area contributed by atoms with Crippen molar-refractivity contribution >= 4 is 16.9 Å². The van der Waals surface area contributed by atoms with E-state index < -0.39 is 5.60 Å². The van der Waals surface area contributed by atoms with Crippen molar-refractivity contribution in [2.75, 3.05) is 0 Å². The van der Waals surface area contributed by atoms with Crippen LogP contribution in [0.15, 0.2) is 36.7 Å². The van der Waals surface area contributed by atoms with Gasteiger partial charge in [-0.15, -0.1) is 0 Å². The molecule has 23 heavy (non-hydrogen) atoms. The monoisotopic (exact) mass is 313 g/mol. The molecule has 1 saturated carbocycles. The molecule has 3 rings (SSSR count). The van der Waals surface area contributed by atoms with E-state index in [4.69, 9.17) is 4.74 Å². The van der Waals surface area contributed by atoms with Crippen molar-refractivity contribution < 1.29 is 9.53 Å². The maximum atomic E-state index is 11.7. The van der Waals surface area contributed by atoms with Crippen LogP contribution in [0, 0.1) is 0 Å². The lowest BCUT2D eigenvalue weighted by Crippen LogP contribution is -2.36. The number of alkyl carbamates (subject to hydrolysis) is 1. The van der Waals surface area contributed by atoms with Gasteiger partial charge in [-0.3, -0.25) is 4.98 Å². The van der Waals surface area contributed by atoms with Gasteiger partial charge in [0, 0.05) is 36.4 Å². The predicted octanol–water partition coefficient (Wildman–Crippen LogP) is 2.99. The molecule has 0 aliphatic heterocycles. The van der Waals surface area contributed by atoms with Crippen molar-refractivity contribution in [2.45, 2.75) is 51.4 Å². The Morgan fingerprint density at radius 1 is 1.26 bits per heavy atom. The highest BCUT2D eigenvalue weighted by Gasteiger charge is 2.38. The number of aromatic nitrogens is 1. The molecule has 1 aromatic heterocycles. The quantitative estimate of drug-likeness (QED) is 0.911. The van der Waals surface area contributed by atoms with E-state index in [2.05, 4.69) is 27.8 Å². The standard InChI is InChI=1S/C18H23N3O2/c1-18(2,3)23-17(22)21-16-8-15(16)20-11-13-10-19-9-12-6-4-5-7-14(12)13/h4-7,9-10,15-16,20H,8,11H2,1-3H3,(H,21,22). The van der Waals surface area contributed by atoms with E-state index >= 15 is 0 Å². The van der Waals surface area contributed by atoms with E-state index in [0.29, 0.717) is 6.04 Å². The van der Waals surface area contributed by atoms with E-state index in [-0.39, 0.29) is 12.1 Å². The molecule has 0 saturated heterocycles. The number of nitrogens with one attached hydrogen (secondary N) is 2. The lowest BCUT2D eigenvalue weighted by Gasteiger charge is -2.19. The highest BCUT2D eigenvalue weighted by molar-refractivity contribution is 5.84. The predicted molar refractivity (Wildman–Crippen MR) is 90.1 cm³/mol. The lowest BCUT2D eigenvalue weighted by molar-refractivity contribution is 0.0522. The summed E-state index contributed by atoms with van der Waals surface area (Å²) in [5.74, 6) is 0. The zero-order valence-corrected chi connectivity index (χ0v) is 13.8. The molecule has 1 heterocycles. The smallest absolute Gasteiger partial charge is 0.407 e. The Bertz CT molecular complexity index is 703. The van der Waals surface area contributed by atoms with Gasteiger partial charge in [0.1, 0.15) is 5.60 Å². The van der Waals surface area contributed by atoms with Crippen LogP contribution in [0.4, 0.5) is 4.79 Å². The molecular weight excluding hydrogens is 290 g/mol. The van der Waals surface area contributed by atoms with Gasteiger partial charge >= 0.3 is 6.09 Å². The molecule has 5 nitrogen and oxygen atoms in total. The number of fused-ring (bicyclic) bond motifs is 1. The number of carbonyl (C=O) groups is 1. The van der Waals surface area contributed by atoms with Crippen LogP contribution in [-0.2, 0) is 11.3 Å². The number of rotatable bonds is 4. The second-order valence-electron chi connectivity index (χ2n) is 7.00. The molecule has 2 N–H and O–H groups in total. The molecular formula is C18H23N3O2. The van der Waals surface area contributed by atoms with E-state index in [9.17, 15) is 4.79 Å². The summed E-state index contributed by atoms with van der Waals surface area (Å²) in [6, 6.07) is 8.67. The largest absolute Gasteiger partial charge is 0.444 e. The van der Waals surface area contributed by atoms with E-state index in [1.165, 1.54) is 10.9 Å². The van der Waals surface area contributed by atoms with E-state index in [1.54, 1.807) is 0 Å². The molecule has 0 radical (unpaired) electrons. The molecule has 0 bridgehead atoms. The molecule has 1 aliphatic carbocycles. The minimum absolute atomic E-state index is 0.146. The average Bonchev–Trinajstić information content (AvgIpc) is 3.21. The molecule has 2 atom stereocenters. The van der Waals surface area contributed by atoms with Gasteiger partial charge in [-0.1, -0.05) is 24.3 Å². The fourth-order valence-corrected chi connectivity index (χ4v) is 2.60. The van der Waals surface area contributed by atoms with Crippen molar-refractivity contribution in [3.63, 3.8) is 0 Å². The molecule has 1 fully saturated rings. The molecule has 5 heteroatoms. The van der Waals surface area contributed by atoms with Crippen molar-refractivity contribution in [3.8, 4) is 0 Å². The van der Waals surface area contributed by atoms with Gasteiger partial charge in [-0.2, -0.15) is 0 Å². The number of carbonyl (C=O) groups excluding carboxylic acids is 1. The normalized spacial score (nSPS) is 20.3. The van der Waals surface area contributed by atoms with Gasteiger partial charge in [0.2, 0.25) is 0 Å². The van der Waals surface area contributed by atoms with Crippen LogP contribution in [0.1, 0.15) is 32.8 Å². The number of hydrogen-bond donors (Lipinski definition) is 2. The Morgan fingerprint density at radius 2 is 2.04 bits per heavy atom. The first-order valence-electron chi connectivity index (χ1n) is 7.97. The number of benzene rings is 1. The van der Waals surface area contributed by atoms with Crippen LogP contribution in [-0.4, -0.2) is 28.8 Å². The molecule has 0 spiro atoms. The number of ether oxygens (including phenoxy) is 1.